The quantitative estimate of drug-likeness (QED) is 0.727. The minimum Gasteiger partial charge on any atom is -0.326 e. The summed E-state index contributed by atoms with van der Waals surface area (Å²) in [4.78, 5) is 26.4. The predicted molar refractivity (Wildman–Crippen MR) is 102 cm³/mol. The largest absolute Gasteiger partial charge is 0.326 e. The third kappa shape index (κ3) is 4.67. The molecule has 132 valence electrons. The Morgan fingerprint density at radius 2 is 2.16 bits per heavy atom. The zero-order valence-electron chi connectivity index (χ0n) is 13.6. The van der Waals surface area contributed by atoms with Gasteiger partial charge in [0.05, 0.1) is 9.47 Å². The summed E-state index contributed by atoms with van der Waals surface area (Å²) in [5.41, 5.74) is 0.695. The molecule has 1 aliphatic rings. The van der Waals surface area contributed by atoms with E-state index in [4.69, 9.17) is 0 Å². The van der Waals surface area contributed by atoms with E-state index in [0.29, 0.717) is 25.1 Å². The van der Waals surface area contributed by atoms with E-state index < -0.39 is 5.82 Å². The second-order valence-corrected chi connectivity index (χ2v) is 8.47. The van der Waals surface area contributed by atoms with E-state index in [9.17, 15) is 14.0 Å². The maximum absolute atomic E-state index is 14.3. The Morgan fingerprint density at radius 3 is 2.80 bits per heavy atom. The van der Waals surface area contributed by atoms with Crippen LogP contribution in [0, 0.1) is 5.82 Å². The number of aryl methyl sites for hydroxylation is 1. The number of anilines is 2. The van der Waals surface area contributed by atoms with Gasteiger partial charge in [0.1, 0.15) is 5.82 Å². The Morgan fingerprint density at radius 1 is 1.32 bits per heavy atom. The number of rotatable bonds is 6. The van der Waals surface area contributed by atoms with Gasteiger partial charge in [0.15, 0.2) is 0 Å². The van der Waals surface area contributed by atoms with Gasteiger partial charge in [-0.2, -0.15) is 0 Å². The lowest BCUT2D eigenvalue weighted by Gasteiger charge is -2.17. The van der Waals surface area contributed by atoms with Crippen molar-refractivity contribution in [2.75, 3.05) is 16.8 Å². The molecule has 0 aliphatic carbocycles. The van der Waals surface area contributed by atoms with Crippen LogP contribution in [0.2, 0.25) is 0 Å². The SMILES string of the molecule is O=C(CCCc1ccc(Br)s1)Nc1ccc(N2CCCC2=O)c(F)c1. The molecule has 0 spiro atoms. The number of carbonyl (C=O) groups excluding carboxylic acids is 2. The summed E-state index contributed by atoms with van der Waals surface area (Å²) in [5, 5.41) is 2.72. The van der Waals surface area contributed by atoms with E-state index in [0.717, 1.165) is 23.0 Å². The van der Waals surface area contributed by atoms with Gasteiger partial charge in [0.2, 0.25) is 11.8 Å². The number of carbonyl (C=O) groups is 2. The van der Waals surface area contributed by atoms with Gasteiger partial charge in [-0.25, -0.2) is 4.39 Å². The van der Waals surface area contributed by atoms with Crippen LogP contribution in [0.25, 0.3) is 0 Å². The summed E-state index contributed by atoms with van der Waals surface area (Å²) in [5.74, 6) is -0.688. The minimum atomic E-state index is -0.489. The van der Waals surface area contributed by atoms with Gasteiger partial charge in [-0.3, -0.25) is 9.59 Å². The minimum absolute atomic E-state index is 0.0594. The molecule has 2 amide bonds. The standard InChI is InChI=1S/C18H18BrFN2O2S/c19-16-9-7-13(25-16)3-1-4-17(23)21-12-6-8-15(14(20)11-12)22-10-2-5-18(22)24/h6-9,11H,1-5,10H2,(H,21,23). The number of hydrogen-bond donors (Lipinski definition) is 1. The molecule has 4 nitrogen and oxygen atoms in total. The van der Waals surface area contributed by atoms with Crippen LogP contribution in [-0.4, -0.2) is 18.4 Å². The van der Waals surface area contributed by atoms with Crippen LogP contribution in [0.15, 0.2) is 34.1 Å². The Labute approximate surface area is 158 Å². The van der Waals surface area contributed by atoms with E-state index in [-0.39, 0.29) is 17.5 Å². The molecule has 1 aliphatic heterocycles. The van der Waals surface area contributed by atoms with Gasteiger partial charge in [-0.15, -0.1) is 11.3 Å². The fourth-order valence-electron chi connectivity index (χ4n) is 2.84. The van der Waals surface area contributed by atoms with Crippen molar-refractivity contribution in [2.45, 2.75) is 32.1 Å². The first kappa shape index (κ1) is 18.1. The zero-order valence-corrected chi connectivity index (χ0v) is 16.0. The zero-order chi connectivity index (χ0) is 17.8. The molecule has 2 heterocycles. The highest BCUT2D eigenvalue weighted by atomic mass is 79.9. The molecule has 0 unspecified atom stereocenters. The molecule has 1 aromatic carbocycles. The van der Waals surface area contributed by atoms with Crippen LogP contribution in [0.5, 0.6) is 0 Å². The van der Waals surface area contributed by atoms with Crippen molar-refractivity contribution in [3.05, 3.63) is 44.8 Å². The first-order valence-electron chi connectivity index (χ1n) is 8.17. The van der Waals surface area contributed by atoms with Crippen molar-refractivity contribution in [3.63, 3.8) is 0 Å². The number of thiophene rings is 1. The van der Waals surface area contributed by atoms with Crippen molar-refractivity contribution >= 4 is 50.5 Å². The summed E-state index contributed by atoms with van der Waals surface area (Å²) in [6.07, 6.45) is 3.16. The van der Waals surface area contributed by atoms with E-state index in [2.05, 4.69) is 21.2 Å². The third-order valence-electron chi connectivity index (χ3n) is 4.05. The van der Waals surface area contributed by atoms with Gasteiger partial charge in [-0.05, 0) is 65.5 Å². The van der Waals surface area contributed by atoms with E-state index in [1.807, 2.05) is 12.1 Å². The molecule has 1 saturated heterocycles. The lowest BCUT2D eigenvalue weighted by molar-refractivity contribution is -0.117. The molecule has 0 bridgehead atoms. The molecule has 7 heteroatoms. The molecule has 1 N–H and O–H groups in total. The number of nitrogens with zero attached hydrogens (tertiary/aromatic N) is 1. The smallest absolute Gasteiger partial charge is 0.227 e. The van der Waals surface area contributed by atoms with E-state index >= 15 is 0 Å². The summed E-state index contributed by atoms with van der Waals surface area (Å²) in [7, 11) is 0. The van der Waals surface area contributed by atoms with Gasteiger partial charge >= 0.3 is 0 Å². The first-order valence-corrected chi connectivity index (χ1v) is 9.78. The Balaban J connectivity index is 1.52. The van der Waals surface area contributed by atoms with Gasteiger partial charge in [-0.1, -0.05) is 0 Å². The second-order valence-electron chi connectivity index (χ2n) is 5.92. The van der Waals surface area contributed by atoms with Crippen LogP contribution < -0.4 is 10.2 Å². The lowest BCUT2D eigenvalue weighted by Crippen LogP contribution is -2.24. The number of hydrogen-bond acceptors (Lipinski definition) is 3. The fourth-order valence-corrected chi connectivity index (χ4v) is 4.36. The molecular formula is C18H18BrFN2O2S. The Bertz CT molecular complexity index is 793. The summed E-state index contributed by atoms with van der Waals surface area (Å²) in [6.45, 7) is 0.542. The Hall–Kier alpha value is -1.73. The van der Waals surface area contributed by atoms with Crippen molar-refractivity contribution in [1.29, 1.82) is 0 Å². The van der Waals surface area contributed by atoms with Crippen LogP contribution in [0.4, 0.5) is 15.8 Å². The molecular weight excluding hydrogens is 407 g/mol. The van der Waals surface area contributed by atoms with Crippen molar-refractivity contribution in [3.8, 4) is 0 Å². The monoisotopic (exact) mass is 424 g/mol. The maximum Gasteiger partial charge on any atom is 0.227 e. The topological polar surface area (TPSA) is 49.4 Å². The normalized spacial score (nSPS) is 14.2. The molecule has 25 heavy (non-hydrogen) atoms. The van der Waals surface area contributed by atoms with Crippen LogP contribution >= 0.6 is 27.3 Å². The van der Waals surface area contributed by atoms with Gasteiger partial charge < -0.3 is 10.2 Å². The van der Waals surface area contributed by atoms with Crippen molar-refractivity contribution in [1.82, 2.24) is 0 Å². The van der Waals surface area contributed by atoms with Crippen molar-refractivity contribution in [2.24, 2.45) is 0 Å². The molecule has 2 aromatic rings. The predicted octanol–water partition coefficient (Wildman–Crippen LogP) is 4.74. The Kier molecular flexibility index (Phi) is 5.86. The van der Waals surface area contributed by atoms with Crippen molar-refractivity contribution < 1.29 is 14.0 Å². The summed E-state index contributed by atoms with van der Waals surface area (Å²) < 4.78 is 15.3. The highest BCUT2D eigenvalue weighted by Gasteiger charge is 2.24. The summed E-state index contributed by atoms with van der Waals surface area (Å²) >= 11 is 5.08. The first-order chi connectivity index (χ1) is 12.0. The maximum atomic E-state index is 14.3. The average Bonchev–Trinajstić information content (AvgIpc) is 3.16. The van der Waals surface area contributed by atoms with Crippen LogP contribution in [-0.2, 0) is 16.0 Å². The fraction of sp³-hybridized carbons (Fsp3) is 0.333. The number of amides is 2. The number of benzene rings is 1. The highest BCUT2D eigenvalue weighted by molar-refractivity contribution is 9.11. The molecule has 0 atom stereocenters. The third-order valence-corrected chi connectivity index (χ3v) is 5.73. The van der Waals surface area contributed by atoms with Gasteiger partial charge in [0.25, 0.3) is 0 Å². The van der Waals surface area contributed by atoms with Crippen LogP contribution in [0.1, 0.15) is 30.6 Å². The number of nitrogens with one attached hydrogen (secondary N) is 1. The molecule has 1 fully saturated rings. The van der Waals surface area contributed by atoms with E-state index in [1.165, 1.54) is 15.8 Å². The summed E-state index contributed by atoms with van der Waals surface area (Å²) in [6, 6.07) is 8.50. The number of halogens is 2. The lowest BCUT2D eigenvalue weighted by atomic mass is 10.2. The molecule has 3 rings (SSSR count). The average molecular weight is 425 g/mol. The molecule has 0 radical (unpaired) electrons. The second kappa shape index (κ2) is 8.10. The van der Waals surface area contributed by atoms with E-state index in [1.54, 1.807) is 23.5 Å². The van der Waals surface area contributed by atoms with Crippen LogP contribution in [0.3, 0.4) is 0 Å². The molecule has 1 aromatic heterocycles. The highest BCUT2D eigenvalue weighted by Crippen LogP contribution is 2.27. The van der Waals surface area contributed by atoms with Gasteiger partial charge in [0, 0.05) is 30.0 Å². The molecule has 0 saturated carbocycles.